The van der Waals surface area contributed by atoms with Crippen molar-refractivity contribution >= 4 is 11.6 Å². The van der Waals surface area contributed by atoms with E-state index in [1.807, 2.05) is 32.9 Å². The number of amides is 1. The molecule has 1 aromatic rings. The minimum Gasteiger partial charge on any atom is -0.389 e. The molecule has 0 aliphatic heterocycles. The quantitative estimate of drug-likeness (QED) is 0.749. The second-order valence-electron chi connectivity index (χ2n) is 4.87. The zero-order valence-corrected chi connectivity index (χ0v) is 11.4. The van der Waals surface area contributed by atoms with E-state index < -0.39 is 11.6 Å². The highest BCUT2D eigenvalue weighted by Crippen LogP contribution is 2.23. The van der Waals surface area contributed by atoms with Crippen LogP contribution < -0.4 is 10.6 Å². The summed E-state index contributed by atoms with van der Waals surface area (Å²) in [5.41, 5.74) is 0.738. The van der Waals surface area contributed by atoms with Gasteiger partial charge in [-0.25, -0.2) is 0 Å². The van der Waals surface area contributed by atoms with Crippen molar-refractivity contribution in [2.75, 3.05) is 11.9 Å². The van der Waals surface area contributed by atoms with E-state index in [1.54, 1.807) is 19.1 Å². The molecule has 18 heavy (non-hydrogen) atoms. The molecule has 0 bridgehead atoms. The Hall–Kier alpha value is -1.39. The number of carbonyl (C=O) groups is 1. The van der Waals surface area contributed by atoms with E-state index in [2.05, 4.69) is 10.6 Å². The van der Waals surface area contributed by atoms with Gasteiger partial charge < -0.3 is 15.7 Å². The molecule has 0 aliphatic carbocycles. The van der Waals surface area contributed by atoms with Crippen molar-refractivity contribution in [2.24, 2.45) is 0 Å². The molecule has 1 rings (SSSR count). The molecule has 100 valence electrons. The molecule has 1 unspecified atom stereocenters. The molecule has 1 atom stereocenters. The van der Waals surface area contributed by atoms with Crippen LogP contribution >= 0.6 is 0 Å². The number of likely N-dealkylation sites (N-methyl/N-ethyl adjacent to an activating group) is 1. The van der Waals surface area contributed by atoms with Crippen LogP contribution in [0, 0.1) is 0 Å². The van der Waals surface area contributed by atoms with E-state index in [4.69, 9.17) is 0 Å². The normalized spacial score (nSPS) is 13.2. The maximum Gasteiger partial charge on any atom is 0.244 e. The average Bonchev–Trinajstić information content (AvgIpc) is 2.29. The van der Waals surface area contributed by atoms with E-state index in [9.17, 15) is 9.90 Å². The molecule has 1 amide bonds. The van der Waals surface area contributed by atoms with Crippen LogP contribution in [0.15, 0.2) is 24.3 Å². The highest BCUT2D eigenvalue weighted by molar-refractivity contribution is 5.98. The summed E-state index contributed by atoms with van der Waals surface area (Å²) in [6, 6.07) is 7.28. The topological polar surface area (TPSA) is 61.4 Å². The summed E-state index contributed by atoms with van der Waals surface area (Å²) >= 11 is 0. The number of hydrogen-bond donors (Lipinski definition) is 3. The Morgan fingerprint density at radius 1 is 1.39 bits per heavy atom. The van der Waals surface area contributed by atoms with Gasteiger partial charge in [-0.05, 0) is 33.4 Å². The van der Waals surface area contributed by atoms with Crippen LogP contribution in [0.25, 0.3) is 0 Å². The Balaban J connectivity index is 2.88. The van der Waals surface area contributed by atoms with Gasteiger partial charge in [0.25, 0.3) is 0 Å². The smallest absolute Gasteiger partial charge is 0.244 e. The van der Waals surface area contributed by atoms with Crippen molar-refractivity contribution in [1.29, 1.82) is 0 Å². The van der Waals surface area contributed by atoms with Crippen LogP contribution in [-0.4, -0.2) is 23.1 Å². The second kappa shape index (κ2) is 5.98. The third-order valence-electron chi connectivity index (χ3n) is 2.85. The molecule has 0 fully saturated rings. The van der Waals surface area contributed by atoms with Gasteiger partial charge in [-0.2, -0.15) is 0 Å². The summed E-state index contributed by atoms with van der Waals surface area (Å²) in [5, 5.41) is 15.6. The SMILES string of the molecule is CCNC(C)(C)C(=O)Nc1ccccc1C(C)O. The number of nitrogens with one attached hydrogen (secondary N) is 2. The summed E-state index contributed by atoms with van der Waals surface area (Å²) in [7, 11) is 0. The minimum absolute atomic E-state index is 0.113. The highest BCUT2D eigenvalue weighted by atomic mass is 16.3. The van der Waals surface area contributed by atoms with E-state index >= 15 is 0 Å². The summed E-state index contributed by atoms with van der Waals surface area (Å²) in [4.78, 5) is 12.1. The van der Waals surface area contributed by atoms with Gasteiger partial charge in [0.1, 0.15) is 0 Å². The van der Waals surface area contributed by atoms with Gasteiger partial charge >= 0.3 is 0 Å². The molecule has 1 aromatic carbocycles. The maximum absolute atomic E-state index is 12.1. The monoisotopic (exact) mass is 250 g/mol. The Morgan fingerprint density at radius 2 is 2.00 bits per heavy atom. The fraction of sp³-hybridized carbons (Fsp3) is 0.500. The molecule has 0 saturated carbocycles. The molecule has 0 saturated heterocycles. The van der Waals surface area contributed by atoms with E-state index in [0.29, 0.717) is 5.69 Å². The van der Waals surface area contributed by atoms with Crippen LogP contribution in [-0.2, 0) is 4.79 Å². The predicted octanol–water partition coefficient (Wildman–Crippen LogP) is 2.07. The summed E-state index contributed by atoms with van der Waals surface area (Å²) in [5.74, 6) is -0.113. The predicted molar refractivity (Wildman–Crippen MR) is 73.5 cm³/mol. The number of rotatable bonds is 5. The molecule has 0 spiro atoms. The molecule has 0 radical (unpaired) electrons. The fourth-order valence-electron chi connectivity index (χ4n) is 1.78. The molecule has 4 nitrogen and oxygen atoms in total. The third kappa shape index (κ3) is 3.55. The third-order valence-corrected chi connectivity index (χ3v) is 2.85. The molecular weight excluding hydrogens is 228 g/mol. The Labute approximate surface area is 108 Å². The first-order valence-corrected chi connectivity index (χ1v) is 6.22. The lowest BCUT2D eigenvalue weighted by molar-refractivity contribution is -0.121. The van der Waals surface area contributed by atoms with Crippen LogP contribution in [0.3, 0.4) is 0 Å². The van der Waals surface area contributed by atoms with Gasteiger partial charge in [-0.3, -0.25) is 4.79 Å². The Kier molecular flexibility index (Phi) is 4.87. The lowest BCUT2D eigenvalue weighted by Crippen LogP contribution is -2.49. The van der Waals surface area contributed by atoms with Gasteiger partial charge in [0, 0.05) is 11.3 Å². The maximum atomic E-state index is 12.1. The fourth-order valence-corrected chi connectivity index (χ4v) is 1.78. The number of hydrogen-bond acceptors (Lipinski definition) is 3. The average molecular weight is 250 g/mol. The number of carbonyl (C=O) groups excluding carboxylic acids is 1. The van der Waals surface area contributed by atoms with Gasteiger partial charge in [-0.15, -0.1) is 0 Å². The first-order chi connectivity index (χ1) is 8.38. The first-order valence-electron chi connectivity index (χ1n) is 6.22. The van der Waals surface area contributed by atoms with Crippen molar-refractivity contribution < 1.29 is 9.90 Å². The van der Waals surface area contributed by atoms with Crippen LogP contribution in [0.4, 0.5) is 5.69 Å². The number of benzene rings is 1. The first kappa shape index (κ1) is 14.7. The van der Waals surface area contributed by atoms with Crippen molar-refractivity contribution in [3.05, 3.63) is 29.8 Å². The van der Waals surface area contributed by atoms with Crippen LogP contribution in [0.5, 0.6) is 0 Å². The minimum atomic E-state index is -0.638. The number of para-hydroxylation sites is 1. The van der Waals surface area contributed by atoms with Crippen molar-refractivity contribution in [3.8, 4) is 0 Å². The summed E-state index contributed by atoms with van der Waals surface area (Å²) < 4.78 is 0. The Morgan fingerprint density at radius 3 is 2.56 bits per heavy atom. The van der Waals surface area contributed by atoms with Crippen LogP contribution in [0.1, 0.15) is 39.4 Å². The zero-order valence-electron chi connectivity index (χ0n) is 11.4. The van der Waals surface area contributed by atoms with Gasteiger partial charge in [0.05, 0.1) is 11.6 Å². The standard InChI is InChI=1S/C14H22N2O2/c1-5-15-14(3,4)13(18)16-12-9-7-6-8-11(12)10(2)17/h6-10,15,17H,5H2,1-4H3,(H,16,18). The van der Waals surface area contributed by atoms with Crippen LogP contribution in [0.2, 0.25) is 0 Å². The molecule has 0 heterocycles. The van der Waals surface area contributed by atoms with Crippen molar-refractivity contribution in [3.63, 3.8) is 0 Å². The van der Waals surface area contributed by atoms with Gasteiger partial charge in [-0.1, -0.05) is 25.1 Å². The van der Waals surface area contributed by atoms with Gasteiger partial charge in [0.15, 0.2) is 0 Å². The lowest BCUT2D eigenvalue weighted by atomic mass is 10.0. The summed E-state index contributed by atoms with van der Waals surface area (Å²) in [6.07, 6.45) is -0.608. The van der Waals surface area contributed by atoms with Gasteiger partial charge in [0.2, 0.25) is 5.91 Å². The number of anilines is 1. The van der Waals surface area contributed by atoms with E-state index in [0.717, 1.165) is 12.1 Å². The number of aliphatic hydroxyl groups excluding tert-OH is 1. The molecule has 3 N–H and O–H groups in total. The zero-order chi connectivity index (χ0) is 13.8. The highest BCUT2D eigenvalue weighted by Gasteiger charge is 2.26. The van der Waals surface area contributed by atoms with E-state index in [-0.39, 0.29) is 5.91 Å². The van der Waals surface area contributed by atoms with E-state index in [1.165, 1.54) is 0 Å². The van der Waals surface area contributed by atoms with Crippen molar-refractivity contribution in [2.45, 2.75) is 39.3 Å². The molecule has 0 aliphatic rings. The molecular formula is C14H22N2O2. The summed E-state index contributed by atoms with van der Waals surface area (Å²) in [6.45, 7) is 8.02. The molecule has 4 heteroatoms. The largest absolute Gasteiger partial charge is 0.389 e. The number of aliphatic hydroxyl groups is 1. The Bertz CT molecular complexity index is 414. The lowest BCUT2D eigenvalue weighted by Gasteiger charge is -2.25. The second-order valence-corrected chi connectivity index (χ2v) is 4.87. The molecule has 0 aromatic heterocycles. The van der Waals surface area contributed by atoms with Crippen molar-refractivity contribution in [1.82, 2.24) is 5.32 Å².